The normalized spacial score (nSPS) is 8.67. The summed E-state index contributed by atoms with van der Waals surface area (Å²) >= 11 is 5.75. The highest BCUT2D eigenvalue weighted by atomic mass is 35.5. The van der Waals surface area contributed by atoms with Crippen molar-refractivity contribution in [3.63, 3.8) is 0 Å². The van der Waals surface area contributed by atoms with Gasteiger partial charge in [0.25, 0.3) is 0 Å². The van der Waals surface area contributed by atoms with E-state index in [9.17, 15) is 9.59 Å². The van der Waals surface area contributed by atoms with Crippen LogP contribution in [-0.4, -0.2) is 19.3 Å². The molecule has 0 unspecified atom stereocenters. The lowest BCUT2D eigenvalue weighted by Gasteiger charge is -2.04. The topological polar surface area (TPSA) is 68.1 Å². The Morgan fingerprint density at radius 3 is 2.33 bits per heavy atom. The second-order valence-corrected chi connectivity index (χ2v) is 2.79. The molecule has 0 heterocycles. The summed E-state index contributed by atoms with van der Waals surface area (Å²) < 4.78 is 4.92. The maximum atomic E-state index is 10.1. The lowest BCUT2D eigenvalue weighted by molar-refractivity contribution is 0.416. The summed E-state index contributed by atoms with van der Waals surface area (Å²) in [6.07, 6.45) is 2.72. The van der Waals surface area contributed by atoms with Crippen LogP contribution < -0.4 is 4.74 Å². The molecular formula is C9H5ClN2O3. The van der Waals surface area contributed by atoms with Crippen LogP contribution in [0.1, 0.15) is 0 Å². The summed E-state index contributed by atoms with van der Waals surface area (Å²) in [6.45, 7) is 0. The zero-order valence-corrected chi connectivity index (χ0v) is 8.41. The zero-order valence-electron chi connectivity index (χ0n) is 7.65. The molecule has 1 aromatic carbocycles. The van der Waals surface area contributed by atoms with Gasteiger partial charge >= 0.3 is 0 Å². The van der Waals surface area contributed by atoms with Gasteiger partial charge < -0.3 is 4.74 Å². The first-order valence-electron chi connectivity index (χ1n) is 3.76. The van der Waals surface area contributed by atoms with Crippen molar-refractivity contribution in [2.75, 3.05) is 7.11 Å². The monoisotopic (exact) mass is 224 g/mol. The fraction of sp³-hybridized carbons (Fsp3) is 0.111. The fourth-order valence-corrected chi connectivity index (χ4v) is 1.17. The maximum Gasteiger partial charge on any atom is 0.240 e. The van der Waals surface area contributed by atoms with E-state index < -0.39 is 0 Å². The largest absolute Gasteiger partial charge is 0.494 e. The molecule has 15 heavy (non-hydrogen) atoms. The van der Waals surface area contributed by atoms with E-state index in [0.29, 0.717) is 0 Å². The molecule has 0 aliphatic heterocycles. The smallest absolute Gasteiger partial charge is 0.240 e. The highest BCUT2D eigenvalue weighted by Crippen LogP contribution is 2.37. The van der Waals surface area contributed by atoms with E-state index in [1.165, 1.54) is 31.4 Å². The molecule has 0 radical (unpaired) electrons. The Morgan fingerprint density at radius 1 is 1.20 bits per heavy atom. The van der Waals surface area contributed by atoms with Crippen molar-refractivity contribution in [1.82, 2.24) is 0 Å². The lowest BCUT2D eigenvalue weighted by Crippen LogP contribution is -1.83. The van der Waals surface area contributed by atoms with Crippen molar-refractivity contribution >= 4 is 35.1 Å². The quantitative estimate of drug-likeness (QED) is 0.584. The van der Waals surface area contributed by atoms with Gasteiger partial charge in [0.1, 0.15) is 11.4 Å². The predicted molar refractivity (Wildman–Crippen MR) is 53.6 cm³/mol. The summed E-state index contributed by atoms with van der Waals surface area (Å²) in [5.41, 5.74) is 0.427. The van der Waals surface area contributed by atoms with Gasteiger partial charge in [-0.15, -0.1) is 0 Å². The van der Waals surface area contributed by atoms with E-state index >= 15 is 0 Å². The van der Waals surface area contributed by atoms with Crippen molar-refractivity contribution in [3.8, 4) is 5.75 Å². The molecule has 0 spiro atoms. The third-order valence-electron chi connectivity index (χ3n) is 1.58. The van der Waals surface area contributed by atoms with E-state index in [4.69, 9.17) is 16.3 Å². The SMILES string of the molecule is COc1cc(N=C=O)c(Cl)cc1N=C=O. The van der Waals surface area contributed by atoms with Gasteiger partial charge in [-0.25, -0.2) is 9.59 Å². The molecule has 0 aliphatic carbocycles. The van der Waals surface area contributed by atoms with Crippen molar-refractivity contribution in [2.45, 2.75) is 0 Å². The van der Waals surface area contributed by atoms with Crippen molar-refractivity contribution in [1.29, 1.82) is 0 Å². The first-order chi connectivity index (χ1) is 7.22. The number of rotatable bonds is 3. The van der Waals surface area contributed by atoms with Crippen LogP contribution in [0.2, 0.25) is 5.02 Å². The van der Waals surface area contributed by atoms with Crippen molar-refractivity contribution in [2.24, 2.45) is 9.98 Å². The number of carbonyl (C=O) groups excluding carboxylic acids is 2. The molecule has 6 heteroatoms. The number of methoxy groups -OCH3 is 1. The minimum atomic E-state index is 0.174. The van der Waals surface area contributed by atoms with Crippen LogP contribution >= 0.6 is 11.6 Å². The Morgan fingerprint density at radius 2 is 1.80 bits per heavy atom. The Labute approximate surface area is 90.1 Å². The average molecular weight is 225 g/mol. The van der Waals surface area contributed by atoms with Gasteiger partial charge in [-0.1, -0.05) is 11.6 Å². The number of isocyanates is 2. The van der Waals surface area contributed by atoms with E-state index in [2.05, 4.69) is 9.98 Å². The summed E-state index contributed by atoms with van der Waals surface area (Å²) in [5.74, 6) is 0.275. The molecule has 1 rings (SSSR count). The van der Waals surface area contributed by atoms with Gasteiger partial charge in [0.2, 0.25) is 12.2 Å². The first-order valence-corrected chi connectivity index (χ1v) is 4.14. The van der Waals surface area contributed by atoms with E-state index in [-0.39, 0.29) is 22.1 Å². The molecule has 0 aromatic heterocycles. The lowest BCUT2D eigenvalue weighted by atomic mass is 10.2. The van der Waals surface area contributed by atoms with Gasteiger partial charge in [0.05, 0.1) is 17.8 Å². The fourth-order valence-electron chi connectivity index (χ4n) is 0.967. The molecule has 0 aliphatic rings. The highest BCUT2D eigenvalue weighted by Gasteiger charge is 2.08. The van der Waals surface area contributed by atoms with Crippen molar-refractivity contribution in [3.05, 3.63) is 17.2 Å². The maximum absolute atomic E-state index is 10.1. The van der Waals surface area contributed by atoms with Gasteiger partial charge in [0.15, 0.2) is 0 Å². The number of ether oxygens (including phenoxy) is 1. The van der Waals surface area contributed by atoms with Crippen LogP contribution in [0.4, 0.5) is 11.4 Å². The number of halogens is 1. The minimum absolute atomic E-state index is 0.174. The van der Waals surface area contributed by atoms with Crippen LogP contribution in [0, 0.1) is 0 Å². The summed E-state index contributed by atoms with van der Waals surface area (Å²) in [7, 11) is 1.39. The standard InChI is InChI=1S/C9H5ClN2O3/c1-15-9-3-7(11-4-13)6(10)2-8(9)12-5-14/h2-3H,1H3. The van der Waals surface area contributed by atoms with E-state index in [0.717, 1.165) is 0 Å². The van der Waals surface area contributed by atoms with Gasteiger partial charge in [-0.3, -0.25) is 0 Å². The third-order valence-corrected chi connectivity index (χ3v) is 1.88. The number of nitrogens with zero attached hydrogens (tertiary/aromatic N) is 2. The van der Waals surface area contributed by atoms with E-state index in [1.807, 2.05) is 0 Å². The first kappa shape index (κ1) is 11.1. The molecule has 0 fully saturated rings. The Bertz CT molecular complexity index is 474. The summed E-state index contributed by atoms with van der Waals surface area (Å²) in [6, 6.07) is 2.73. The highest BCUT2D eigenvalue weighted by molar-refractivity contribution is 6.33. The molecule has 0 bridgehead atoms. The van der Waals surface area contributed by atoms with Gasteiger partial charge in [-0.2, -0.15) is 9.98 Å². The van der Waals surface area contributed by atoms with Crippen LogP contribution in [0.15, 0.2) is 22.1 Å². The minimum Gasteiger partial charge on any atom is -0.494 e. The van der Waals surface area contributed by atoms with Crippen LogP contribution in [0.25, 0.3) is 0 Å². The van der Waals surface area contributed by atoms with Crippen LogP contribution in [0.3, 0.4) is 0 Å². The Kier molecular flexibility index (Phi) is 3.77. The molecule has 5 nitrogen and oxygen atoms in total. The summed E-state index contributed by atoms with van der Waals surface area (Å²) in [5, 5.41) is 0.174. The molecule has 0 atom stereocenters. The van der Waals surface area contributed by atoms with Crippen molar-refractivity contribution < 1.29 is 14.3 Å². The molecule has 0 N–H and O–H groups in total. The molecule has 0 saturated heterocycles. The molecule has 0 amide bonds. The Balaban J connectivity index is 3.40. The van der Waals surface area contributed by atoms with Crippen LogP contribution in [-0.2, 0) is 9.59 Å². The van der Waals surface area contributed by atoms with E-state index in [1.54, 1.807) is 0 Å². The predicted octanol–water partition coefficient (Wildman–Crippen LogP) is 2.28. The molecule has 0 saturated carbocycles. The number of hydrogen-bond donors (Lipinski definition) is 0. The molecule has 1 aromatic rings. The second kappa shape index (κ2) is 5.08. The van der Waals surface area contributed by atoms with Gasteiger partial charge in [-0.05, 0) is 6.07 Å². The number of aliphatic imine (C=N–C) groups is 2. The molecular weight excluding hydrogens is 220 g/mol. The second-order valence-electron chi connectivity index (χ2n) is 2.38. The zero-order chi connectivity index (χ0) is 11.3. The number of hydrogen-bond acceptors (Lipinski definition) is 5. The van der Waals surface area contributed by atoms with Gasteiger partial charge in [0, 0.05) is 6.07 Å². The molecule has 76 valence electrons. The number of benzene rings is 1. The average Bonchev–Trinajstić information content (AvgIpc) is 2.22. The Hall–Kier alpha value is -1.93. The van der Waals surface area contributed by atoms with Crippen LogP contribution in [0.5, 0.6) is 5.75 Å². The summed E-state index contributed by atoms with van der Waals surface area (Å²) in [4.78, 5) is 26.9. The third kappa shape index (κ3) is 2.51.